The average molecular weight is 227 g/mol. The van der Waals surface area contributed by atoms with Gasteiger partial charge in [0.1, 0.15) is 0 Å². The van der Waals surface area contributed by atoms with Gasteiger partial charge in [0.25, 0.3) is 0 Å². The van der Waals surface area contributed by atoms with Gasteiger partial charge in [-0.3, -0.25) is 0 Å². The molecule has 0 aromatic heterocycles. The smallest absolute Gasteiger partial charge is 0.0761 e. The molecule has 0 radical (unpaired) electrons. The molecular formula is C15H17NO. The molecule has 1 atom stereocenters. The van der Waals surface area contributed by atoms with Crippen molar-refractivity contribution in [1.82, 2.24) is 0 Å². The monoisotopic (exact) mass is 227 g/mol. The lowest BCUT2D eigenvalue weighted by Crippen LogP contribution is -2.09. The van der Waals surface area contributed by atoms with Crippen LogP contribution in [-0.4, -0.2) is 12.2 Å². The Hall–Kier alpha value is -1.80. The predicted octanol–water partition coefficient (Wildman–Crippen LogP) is 3.51. The zero-order valence-corrected chi connectivity index (χ0v) is 10.2. The summed E-state index contributed by atoms with van der Waals surface area (Å²) in [6, 6.07) is 18.2. The fourth-order valence-corrected chi connectivity index (χ4v) is 1.78. The van der Waals surface area contributed by atoms with E-state index in [1.165, 1.54) is 0 Å². The number of benzene rings is 2. The summed E-state index contributed by atoms with van der Waals surface area (Å²) in [6.07, 6.45) is -0.411. The molecule has 0 aliphatic rings. The molecule has 88 valence electrons. The predicted molar refractivity (Wildman–Crippen MR) is 71.6 cm³/mol. The Morgan fingerprint density at radius 2 is 1.41 bits per heavy atom. The summed E-state index contributed by atoms with van der Waals surface area (Å²) in [5, 5.41) is 9.46. The van der Waals surface area contributed by atoms with Gasteiger partial charge in [0.2, 0.25) is 0 Å². The summed E-state index contributed by atoms with van der Waals surface area (Å²) in [6.45, 7) is 1.77. The third kappa shape index (κ3) is 2.66. The van der Waals surface area contributed by atoms with Gasteiger partial charge in [-0.2, -0.15) is 0 Å². The number of nitrogens with zero attached hydrogens (tertiary/aromatic N) is 1. The molecule has 2 nitrogen and oxygen atoms in total. The standard InChI is InChI=1S/C15H17NO/c1-12(17)13-8-10-15(11-9-13)16(2)14-6-4-3-5-7-14/h3-12,17H,1-2H3/t12-/m0/s1. The van der Waals surface area contributed by atoms with E-state index in [1.807, 2.05) is 49.5 Å². The maximum Gasteiger partial charge on any atom is 0.0761 e. The van der Waals surface area contributed by atoms with Crippen LogP contribution >= 0.6 is 0 Å². The first-order chi connectivity index (χ1) is 8.18. The molecule has 0 fully saturated rings. The van der Waals surface area contributed by atoms with E-state index >= 15 is 0 Å². The van der Waals surface area contributed by atoms with Crippen molar-refractivity contribution in [2.45, 2.75) is 13.0 Å². The van der Waals surface area contributed by atoms with Gasteiger partial charge < -0.3 is 10.0 Å². The minimum Gasteiger partial charge on any atom is -0.389 e. The second kappa shape index (κ2) is 5.02. The van der Waals surface area contributed by atoms with Gasteiger partial charge in [-0.15, -0.1) is 0 Å². The van der Waals surface area contributed by atoms with Gasteiger partial charge in [0.15, 0.2) is 0 Å². The molecule has 0 saturated heterocycles. The Morgan fingerprint density at radius 1 is 0.882 bits per heavy atom. The zero-order chi connectivity index (χ0) is 12.3. The molecule has 0 amide bonds. The molecule has 1 N–H and O–H groups in total. The number of aliphatic hydroxyl groups excluding tert-OH is 1. The Morgan fingerprint density at radius 3 is 1.94 bits per heavy atom. The van der Waals surface area contributed by atoms with Crippen molar-refractivity contribution >= 4 is 11.4 Å². The molecule has 0 aliphatic carbocycles. The van der Waals surface area contributed by atoms with Crippen LogP contribution in [0, 0.1) is 0 Å². The molecule has 0 unspecified atom stereocenters. The number of anilines is 2. The summed E-state index contributed by atoms with van der Waals surface area (Å²) in [7, 11) is 2.03. The summed E-state index contributed by atoms with van der Waals surface area (Å²) >= 11 is 0. The van der Waals surface area contributed by atoms with Crippen LogP contribution in [0.2, 0.25) is 0 Å². The largest absolute Gasteiger partial charge is 0.389 e. The topological polar surface area (TPSA) is 23.5 Å². The van der Waals surface area contributed by atoms with Gasteiger partial charge in [-0.1, -0.05) is 30.3 Å². The first-order valence-corrected chi connectivity index (χ1v) is 5.75. The lowest BCUT2D eigenvalue weighted by molar-refractivity contribution is 0.199. The molecule has 0 heterocycles. The van der Waals surface area contributed by atoms with Crippen LogP contribution in [0.15, 0.2) is 54.6 Å². The quantitative estimate of drug-likeness (QED) is 0.867. The first kappa shape index (κ1) is 11.7. The molecule has 0 saturated carbocycles. The average Bonchev–Trinajstić information content (AvgIpc) is 2.39. The molecule has 0 aliphatic heterocycles. The van der Waals surface area contributed by atoms with E-state index in [2.05, 4.69) is 17.0 Å². The van der Waals surface area contributed by atoms with E-state index in [1.54, 1.807) is 6.92 Å². The number of hydrogen-bond acceptors (Lipinski definition) is 2. The van der Waals surface area contributed by atoms with Crippen LogP contribution in [0.3, 0.4) is 0 Å². The number of aliphatic hydroxyl groups is 1. The highest BCUT2D eigenvalue weighted by Gasteiger charge is 2.04. The van der Waals surface area contributed by atoms with Crippen molar-refractivity contribution in [2.24, 2.45) is 0 Å². The van der Waals surface area contributed by atoms with Crippen LogP contribution in [-0.2, 0) is 0 Å². The highest BCUT2D eigenvalue weighted by molar-refractivity contribution is 5.62. The van der Waals surface area contributed by atoms with Crippen LogP contribution in [0.25, 0.3) is 0 Å². The first-order valence-electron chi connectivity index (χ1n) is 5.75. The van der Waals surface area contributed by atoms with Crippen molar-refractivity contribution in [3.8, 4) is 0 Å². The second-order valence-electron chi connectivity index (χ2n) is 4.16. The van der Waals surface area contributed by atoms with E-state index in [9.17, 15) is 5.11 Å². The van der Waals surface area contributed by atoms with Crippen LogP contribution in [0.4, 0.5) is 11.4 Å². The molecule has 2 aromatic carbocycles. The van der Waals surface area contributed by atoms with Gasteiger partial charge >= 0.3 is 0 Å². The van der Waals surface area contributed by atoms with Crippen LogP contribution < -0.4 is 4.90 Å². The van der Waals surface area contributed by atoms with Crippen molar-refractivity contribution in [2.75, 3.05) is 11.9 Å². The Bertz CT molecular complexity index is 462. The summed E-state index contributed by atoms with van der Waals surface area (Å²) in [5.74, 6) is 0. The van der Waals surface area contributed by atoms with Gasteiger partial charge in [0.05, 0.1) is 6.10 Å². The second-order valence-corrected chi connectivity index (χ2v) is 4.16. The van der Waals surface area contributed by atoms with Crippen molar-refractivity contribution in [1.29, 1.82) is 0 Å². The molecule has 17 heavy (non-hydrogen) atoms. The minimum absolute atomic E-state index is 0.411. The van der Waals surface area contributed by atoms with Gasteiger partial charge in [-0.25, -0.2) is 0 Å². The molecular weight excluding hydrogens is 210 g/mol. The fourth-order valence-electron chi connectivity index (χ4n) is 1.78. The number of hydrogen-bond donors (Lipinski definition) is 1. The van der Waals surface area contributed by atoms with Crippen molar-refractivity contribution in [3.63, 3.8) is 0 Å². The van der Waals surface area contributed by atoms with E-state index < -0.39 is 6.10 Å². The van der Waals surface area contributed by atoms with Gasteiger partial charge in [0, 0.05) is 18.4 Å². The highest BCUT2D eigenvalue weighted by Crippen LogP contribution is 2.24. The maximum absolute atomic E-state index is 9.46. The summed E-state index contributed by atoms with van der Waals surface area (Å²) in [5.41, 5.74) is 3.20. The zero-order valence-electron chi connectivity index (χ0n) is 10.2. The third-order valence-corrected chi connectivity index (χ3v) is 2.91. The van der Waals surface area contributed by atoms with Crippen LogP contribution in [0.1, 0.15) is 18.6 Å². The number of para-hydroxylation sites is 1. The van der Waals surface area contributed by atoms with E-state index in [4.69, 9.17) is 0 Å². The van der Waals surface area contributed by atoms with E-state index in [0.717, 1.165) is 16.9 Å². The third-order valence-electron chi connectivity index (χ3n) is 2.91. The summed E-state index contributed by atoms with van der Waals surface area (Å²) < 4.78 is 0. The highest BCUT2D eigenvalue weighted by atomic mass is 16.3. The molecule has 2 heteroatoms. The summed E-state index contributed by atoms with van der Waals surface area (Å²) in [4.78, 5) is 2.12. The van der Waals surface area contributed by atoms with E-state index in [-0.39, 0.29) is 0 Å². The maximum atomic E-state index is 9.46. The molecule has 0 spiro atoms. The van der Waals surface area contributed by atoms with Gasteiger partial charge in [-0.05, 0) is 36.8 Å². The molecule has 2 rings (SSSR count). The molecule has 0 bridgehead atoms. The van der Waals surface area contributed by atoms with Crippen molar-refractivity contribution < 1.29 is 5.11 Å². The lowest BCUT2D eigenvalue weighted by Gasteiger charge is -2.20. The Kier molecular flexibility index (Phi) is 3.45. The SMILES string of the molecule is C[C@H](O)c1ccc(N(C)c2ccccc2)cc1. The lowest BCUT2D eigenvalue weighted by atomic mass is 10.1. The normalized spacial score (nSPS) is 12.2. The Labute approximate surface area is 102 Å². The van der Waals surface area contributed by atoms with Crippen molar-refractivity contribution in [3.05, 3.63) is 60.2 Å². The minimum atomic E-state index is -0.411. The van der Waals surface area contributed by atoms with E-state index in [0.29, 0.717) is 0 Å². The number of rotatable bonds is 3. The molecule has 2 aromatic rings. The fraction of sp³-hybridized carbons (Fsp3) is 0.200. The Balaban J connectivity index is 2.23. The van der Waals surface area contributed by atoms with Crippen LogP contribution in [0.5, 0.6) is 0 Å².